The van der Waals surface area contributed by atoms with Gasteiger partial charge in [0.2, 0.25) is 5.91 Å². The van der Waals surface area contributed by atoms with Crippen LogP contribution in [0.5, 0.6) is 0 Å². The Labute approximate surface area is 217 Å². The quantitative estimate of drug-likeness (QED) is 0.260. The Morgan fingerprint density at radius 1 is 1.13 bits per heavy atom. The van der Waals surface area contributed by atoms with Crippen LogP contribution in [0.3, 0.4) is 0 Å². The van der Waals surface area contributed by atoms with E-state index in [0.717, 1.165) is 17.2 Å². The van der Waals surface area contributed by atoms with Gasteiger partial charge in [-0.25, -0.2) is 13.6 Å². The number of aromatic nitrogens is 1. The van der Waals surface area contributed by atoms with E-state index in [-0.39, 0.29) is 43.9 Å². The van der Waals surface area contributed by atoms with Gasteiger partial charge < -0.3 is 25.0 Å². The molecular weight excluding hydrogens is 502 g/mol. The lowest BCUT2D eigenvalue weighted by molar-refractivity contribution is -0.137. The molecule has 1 atom stereocenters. The smallest absolute Gasteiger partial charge is 0.412 e. The molecular formula is C26H28F2N4O6. The van der Waals surface area contributed by atoms with Gasteiger partial charge in [-0.05, 0) is 25.8 Å². The highest BCUT2D eigenvalue weighted by atomic mass is 19.2. The number of rotatable bonds is 13. The summed E-state index contributed by atoms with van der Waals surface area (Å²) < 4.78 is 37.5. The number of hydrogen-bond acceptors (Lipinski definition) is 7. The van der Waals surface area contributed by atoms with Gasteiger partial charge in [-0.1, -0.05) is 47.1 Å². The summed E-state index contributed by atoms with van der Waals surface area (Å²) in [6, 6.07) is 12.2. The van der Waals surface area contributed by atoms with Crippen LogP contribution in [0.2, 0.25) is 0 Å². The normalized spacial score (nSPS) is 11.6. The first kappa shape index (κ1) is 28.3. The van der Waals surface area contributed by atoms with Gasteiger partial charge in [-0.2, -0.15) is 0 Å². The molecule has 3 aromatic rings. The molecule has 0 spiro atoms. The topological polar surface area (TPSA) is 143 Å². The van der Waals surface area contributed by atoms with Gasteiger partial charge in [-0.15, -0.1) is 0 Å². The molecule has 0 saturated heterocycles. The maximum absolute atomic E-state index is 13.8. The van der Waals surface area contributed by atoms with Crippen LogP contribution in [-0.4, -0.2) is 47.4 Å². The van der Waals surface area contributed by atoms with Crippen molar-refractivity contribution in [2.45, 2.75) is 38.8 Å². The number of aliphatic carboxylic acids is 1. The summed E-state index contributed by atoms with van der Waals surface area (Å²) in [5.74, 6) is -2.94. The van der Waals surface area contributed by atoms with Crippen molar-refractivity contribution in [3.05, 3.63) is 71.3 Å². The number of carboxylic acids is 1. The lowest BCUT2D eigenvalue weighted by Gasteiger charge is -2.18. The summed E-state index contributed by atoms with van der Waals surface area (Å²) >= 11 is 0. The SMILES string of the molecule is Cc1ccc(-c2cc(NC(=O)OC[C@H](CCCC(=O)O)NCC(=O)NCc3cccc(F)c3F)no2)cc1. The van der Waals surface area contributed by atoms with Crippen LogP contribution in [0.1, 0.15) is 30.4 Å². The van der Waals surface area contributed by atoms with Crippen molar-refractivity contribution in [3.63, 3.8) is 0 Å². The van der Waals surface area contributed by atoms with Crippen molar-refractivity contribution < 1.29 is 37.5 Å². The number of hydrogen-bond donors (Lipinski definition) is 4. The molecule has 3 rings (SSSR count). The summed E-state index contributed by atoms with van der Waals surface area (Å²) in [7, 11) is 0. The molecule has 0 aliphatic carbocycles. The minimum atomic E-state index is -1.04. The largest absolute Gasteiger partial charge is 0.481 e. The van der Waals surface area contributed by atoms with Gasteiger partial charge in [0.05, 0.1) is 6.54 Å². The second kappa shape index (κ2) is 13.8. The van der Waals surface area contributed by atoms with E-state index in [1.165, 1.54) is 12.1 Å². The van der Waals surface area contributed by atoms with Crippen molar-refractivity contribution in [2.75, 3.05) is 18.5 Å². The third-order valence-electron chi connectivity index (χ3n) is 5.49. The summed E-state index contributed by atoms with van der Waals surface area (Å²) in [5, 5.41) is 20.5. The maximum atomic E-state index is 13.8. The van der Waals surface area contributed by atoms with Crippen LogP contribution in [0.15, 0.2) is 53.1 Å². The summed E-state index contributed by atoms with van der Waals surface area (Å²) in [5.41, 5.74) is 1.86. The van der Waals surface area contributed by atoms with Crippen molar-refractivity contribution in [1.29, 1.82) is 0 Å². The maximum Gasteiger partial charge on any atom is 0.412 e. The molecule has 38 heavy (non-hydrogen) atoms. The minimum Gasteiger partial charge on any atom is -0.481 e. The highest BCUT2D eigenvalue weighted by Gasteiger charge is 2.16. The van der Waals surface area contributed by atoms with E-state index in [9.17, 15) is 23.2 Å². The number of amides is 2. The molecule has 0 aliphatic rings. The van der Waals surface area contributed by atoms with Crippen LogP contribution in [0.25, 0.3) is 11.3 Å². The van der Waals surface area contributed by atoms with Crippen LogP contribution >= 0.6 is 0 Å². The van der Waals surface area contributed by atoms with E-state index in [1.807, 2.05) is 31.2 Å². The molecule has 1 aromatic heterocycles. The van der Waals surface area contributed by atoms with Crippen molar-refractivity contribution in [1.82, 2.24) is 15.8 Å². The van der Waals surface area contributed by atoms with Crippen LogP contribution in [0, 0.1) is 18.6 Å². The number of ether oxygens (including phenoxy) is 1. The van der Waals surface area contributed by atoms with Gasteiger partial charge >= 0.3 is 12.1 Å². The second-order valence-corrected chi connectivity index (χ2v) is 8.52. The molecule has 0 aliphatic heterocycles. The zero-order valence-corrected chi connectivity index (χ0v) is 20.6. The third-order valence-corrected chi connectivity index (χ3v) is 5.49. The Hall–Kier alpha value is -4.32. The van der Waals surface area contributed by atoms with Crippen LogP contribution < -0.4 is 16.0 Å². The highest BCUT2D eigenvalue weighted by molar-refractivity contribution is 5.84. The summed E-state index contributed by atoms with van der Waals surface area (Å²) in [4.78, 5) is 35.3. The van der Waals surface area contributed by atoms with Gasteiger partial charge in [0.25, 0.3) is 0 Å². The van der Waals surface area contributed by atoms with Gasteiger partial charge in [0, 0.05) is 36.2 Å². The summed E-state index contributed by atoms with van der Waals surface area (Å²) in [6.07, 6.45) is -0.342. The fourth-order valence-corrected chi connectivity index (χ4v) is 3.43. The Bertz CT molecular complexity index is 1250. The standard InChI is InChI=1S/C26H28F2N4O6/c1-16-8-10-17(11-9-16)21-12-22(32-38-21)31-26(36)37-15-19(5-3-7-24(34)35)29-14-23(33)30-13-18-4-2-6-20(27)25(18)28/h2,4,6,8-12,19,29H,3,5,7,13-15H2,1H3,(H,30,33)(H,34,35)(H,31,32,36)/t19-/m0/s1. The molecule has 202 valence electrons. The van der Waals surface area contributed by atoms with Gasteiger partial charge in [0.15, 0.2) is 23.2 Å². The second-order valence-electron chi connectivity index (χ2n) is 8.52. The monoisotopic (exact) mass is 530 g/mol. The fourth-order valence-electron chi connectivity index (χ4n) is 3.43. The van der Waals surface area contributed by atoms with E-state index in [2.05, 4.69) is 21.1 Å². The number of carbonyl (C=O) groups is 3. The first-order valence-corrected chi connectivity index (χ1v) is 11.8. The van der Waals surface area contributed by atoms with E-state index in [0.29, 0.717) is 12.2 Å². The molecule has 4 N–H and O–H groups in total. The molecule has 0 saturated carbocycles. The molecule has 0 bridgehead atoms. The van der Waals surface area contributed by atoms with Crippen molar-refractivity contribution >= 4 is 23.8 Å². The van der Waals surface area contributed by atoms with E-state index >= 15 is 0 Å². The van der Waals surface area contributed by atoms with E-state index < -0.39 is 35.6 Å². The first-order valence-electron chi connectivity index (χ1n) is 11.8. The average Bonchev–Trinajstić information content (AvgIpc) is 3.34. The number of carboxylic acid groups (broad SMARTS) is 1. The molecule has 0 unspecified atom stereocenters. The number of benzene rings is 2. The fraction of sp³-hybridized carbons (Fsp3) is 0.308. The van der Waals surface area contributed by atoms with Gasteiger partial charge in [0.1, 0.15) is 6.61 Å². The van der Waals surface area contributed by atoms with E-state index in [1.54, 1.807) is 6.07 Å². The molecule has 2 aromatic carbocycles. The molecule has 10 nitrogen and oxygen atoms in total. The number of aryl methyl sites for hydroxylation is 1. The Kier molecular flexibility index (Phi) is 10.3. The molecule has 0 radical (unpaired) electrons. The average molecular weight is 531 g/mol. The number of anilines is 1. The first-order chi connectivity index (χ1) is 18.2. The Balaban J connectivity index is 1.48. The molecule has 12 heteroatoms. The number of carbonyl (C=O) groups excluding carboxylic acids is 2. The predicted molar refractivity (Wildman–Crippen MR) is 133 cm³/mol. The van der Waals surface area contributed by atoms with Gasteiger partial charge in [-0.3, -0.25) is 14.9 Å². The number of nitrogens with zero attached hydrogens (tertiary/aromatic N) is 1. The number of halogens is 2. The molecule has 0 fully saturated rings. The predicted octanol–water partition coefficient (Wildman–Crippen LogP) is 4.01. The third kappa shape index (κ3) is 8.96. The molecule has 1 heterocycles. The lowest BCUT2D eigenvalue weighted by atomic mass is 10.1. The molecule has 2 amide bonds. The number of nitrogens with one attached hydrogen (secondary N) is 3. The minimum absolute atomic E-state index is 0.00486. The summed E-state index contributed by atoms with van der Waals surface area (Å²) in [6.45, 7) is 1.36. The zero-order chi connectivity index (χ0) is 27.5. The highest BCUT2D eigenvalue weighted by Crippen LogP contribution is 2.22. The van der Waals surface area contributed by atoms with Crippen molar-refractivity contribution in [3.8, 4) is 11.3 Å². The Morgan fingerprint density at radius 2 is 1.89 bits per heavy atom. The lowest BCUT2D eigenvalue weighted by Crippen LogP contribution is -2.42. The van der Waals surface area contributed by atoms with Crippen LogP contribution in [0.4, 0.5) is 19.4 Å². The van der Waals surface area contributed by atoms with Crippen molar-refractivity contribution in [2.24, 2.45) is 0 Å². The van der Waals surface area contributed by atoms with Crippen LogP contribution in [-0.2, 0) is 20.9 Å². The zero-order valence-electron chi connectivity index (χ0n) is 20.6. The Morgan fingerprint density at radius 3 is 2.63 bits per heavy atom. The van der Waals surface area contributed by atoms with E-state index in [4.69, 9.17) is 14.4 Å².